The molecule has 0 atom stereocenters. The molecule has 2 rings (SSSR count). The summed E-state index contributed by atoms with van der Waals surface area (Å²) in [6, 6.07) is 10.8. The summed E-state index contributed by atoms with van der Waals surface area (Å²) >= 11 is -0.671. The standard InChI is InChI=1S/C9H9.C4H8O.2C4H9.Al/c1-2-6-9-7-4-3-5-8-9;1-2-4-5-3-1;2*1-4(2)3;/h1-5,7-8H,6H2;1-4H2;2*4H,1H2,2-3H3;. The molecule has 1 nitrogen and oxygen atoms in total. The molecular weight excluding hydrogens is 295 g/mol. The van der Waals surface area contributed by atoms with Crippen molar-refractivity contribution >= 4 is 14.1 Å². The third-order valence-corrected chi connectivity index (χ3v) is 7.89. The van der Waals surface area contributed by atoms with E-state index in [1.54, 1.807) is 0 Å². The molecule has 1 aliphatic heterocycles. The zero-order valence-corrected chi connectivity index (χ0v) is 16.8. The molecule has 1 aromatic rings. The first kappa shape index (κ1) is 20.5. The lowest BCUT2D eigenvalue weighted by Gasteiger charge is -2.12. The Labute approximate surface area is 148 Å². The van der Waals surface area contributed by atoms with Crippen LogP contribution in [0.4, 0.5) is 0 Å². The van der Waals surface area contributed by atoms with Crippen molar-refractivity contribution in [3.05, 3.63) is 46.9 Å². The summed E-state index contributed by atoms with van der Waals surface area (Å²) in [6.07, 6.45) is 6.07. The normalized spacial score (nSPS) is 14.3. The van der Waals surface area contributed by atoms with Gasteiger partial charge >= 0.3 is 0 Å². The largest absolute Gasteiger partial charge is 0.381 e. The summed E-state index contributed by atoms with van der Waals surface area (Å²) in [5.41, 5.74) is 1.43. The highest BCUT2D eigenvalue weighted by atomic mass is 27.2. The van der Waals surface area contributed by atoms with Gasteiger partial charge in [0.15, 0.2) is 0 Å². The summed E-state index contributed by atoms with van der Waals surface area (Å²) in [5.74, 6) is 1.70. The van der Waals surface area contributed by atoms with E-state index in [-0.39, 0.29) is 0 Å². The fourth-order valence-corrected chi connectivity index (χ4v) is 6.44. The molecule has 2 heteroatoms. The van der Waals surface area contributed by atoms with E-state index in [0.29, 0.717) is 0 Å². The smallest absolute Gasteiger partial charge is 0.294 e. The predicted octanol–water partition coefficient (Wildman–Crippen LogP) is 5.93. The number of allylic oxidation sites excluding steroid dienone is 1. The number of benzene rings is 1. The van der Waals surface area contributed by atoms with Gasteiger partial charge < -0.3 is 4.74 Å². The second kappa shape index (κ2) is 12.8. The molecule has 128 valence electrons. The monoisotopic (exact) mass is 330 g/mol. The van der Waals surface area contributed by atoms with Crippen LogP contribution in [0.3, 0.4) is 0 Å². The van der Waals surface area contributed by atoms with E-state index in [4.69, 9.17) is 4.74 Å². The van der Waals surface area contributed by atoms with Gasteiger partial charge in [0.2, 0.25) is 0 Å². The van der Waals surface area contributed by atoms with Crippen molar-refractivity contribution in [1.82, 2.24) is 0 Å². The molecule has 0 unspecified atom stereocenters. The molecule has 0 spiro atoms. The second-order valence-corrected chi connectivity index (χ2v) is 10.3. The van der Waals surface area contributed by atoms with E-state index in [1.807, 2.05) is 0 Å². The SMILES string of the molecule is C1CCOC1.CC(C)[CH2][Al](/[CH]=C/Cc1ccccc1)[CH2]C(C)C. The Bertz CT molecular complexity index is 389. The number of ether oxygens (including phenoxy) is 1. The van der Waals surface area contributed by atoms with Gasteiger partial charge in [0.25, 0.3) is 14.1 Å². The summed E-state index contributed by atoms with van der Waals surface area (Å²) in [4.78, 5) is 2.58. The van der Waals surface area contributed by atoms with Crippen LogP contribution >= 0.6 is 0 Å². The molecule has 0 aromatic heterocycles. The van der Waals surface area contributed by atoms with Gasteiger partial charge in [-0.2, -0.15) is 0 Å². The van der Waals surface area contributed by atoms with Gasteiger partial charge in [-0.05, 0) is 24.8 Å². The number of hydrogen-bond acceptors (Lipinski definition) is 1. The molecule has 23 heavy (non-hydrogen) atoms. The van der Waals surface area contributed by atoms with Crippen LogP contribution in [0.15, 0.2) is 41.3 Å². The average Bonchev–Trinajstić information content (AvgIpc) is 3.06. The van der Waals surface area contributed by atoms with Crippen molar-refractivity contribution in [2.75, 3.05) is 13.2 Å². The first-order valence-electron chi connectivity index (χ1n) is 9.36. The number of rotatable bonds is 7. The second-order valence-electron chi connectivity index (χ2n) is 7.46. The van der Waals surface area contributed by atoms with Crippen LogP contribution in [-0.2, 0) is 11.2 Å². The lowest BCUT2D eigenvalue weighted by molar-refractivity contribution is 0.198. The van der Waals surface area contributed by atoms with Crippen molar-refractivity contribution in [3.8, 4) is 0 Å². The first-order valence-corrected chi connectivity index (χ1v) is 11.7. The van der Waals surface area contributed by atoms with Crippen molar-refractivity contribution in [3.63, 3.8) is 0 Å². The summed E-state index contributed by atoms with van der Waals surface area (Å²) in [5, 5.41) is 2.90. The summed E-state index contributed by atoms with van der Waals surface area (Å²) < 4.78 is 4.94. The fourth-order valence-electron chi connectivity index (χ4n) is 2.99. The van der Waals surface area contributed by atoms with Gasteiger partial charge in [-0.1, -0.05) is 86.5 Å². The van der Waals surface area contributed by atoms with E-state index in [9.17, 15) is 0 Å². The van der Waals surface area contributed by atoms with Gasteiger partial charge in [-0.15, -0.1) is 4.94 Å². The Balaban J connectivity index is 0.000000446. The maximum absolute atomic E-state index is 4.94. The quantitative estimate of drug-likeness (QED) is 0.563. The molecule has 1 aliphatic rings. The zero-order valence-electron chi connectivity index (χ0n) is 15.6. The molecule has 1 aromatic carbocycles. The highest BCUT2D eigenvalue weighted by Crippen LogP contribution is 2.15. The minimum Gasteiger partial charge on any atom is -0.381 e. The van der Waals surface area contributed by atoms with Crippen molar-refractivity contribution in [2.45, 2.75) is 57.5 Å². The minimum absolute atomic E-state index is 0.671. The van der Waals surface area contributed by atoms with Crippen LogP contribution in [0.1, 0.15) is 46.1 Å². The molecule has 0 bridgehead atoms. The van der Waals surface area contributed by atoms with Gasteiger partial charge in [-0.25, -0.2) is 0 Å². The van der Waals surface area contributed by atoms with Crippen molar-refractivity contribution in [2.24, 2.45) is 11.8 Å². The van der Waals surface area contributed by atoms with Crippen molar-refractivity contribution in [1.29, 1.82) is 0 Å². The highest BCUT2D eigenvalue weighted by molar-refractivity contribution is 6.64. The van der Waals surface area contributed by atoms with Gasteiger partial charge in [0, 0.05) is 13.2 Å². The van der Waals surface area contributed by atoms with Crippen LogP contribution in [0.5, 0.6) is 0 Å². The maximum atomic E-state index is 4.94. The molecule has 0 amide bonds. The Hall–Kier alpha value is -0.548. The van der Waals surface area contributed by atoms with Gasteiger partial charge in [-0.3, -0.25) is 0 Å². The Morgan fingerprint density at radius 3 is 1.96 bits per heavy atom. The molecule has 0 radical (unpaired) electrons. The predicted molar refractivity (Wildman–Crippen MR) is 104 cm³/mol. The fraction of sp³-hybridized carbons (Fsp3) is 0.619. The van der Waals surface area contributed by atoms with Crippen LogP contribution < -0.4 is 0 Å². The third-order valence-electron chi connectivity index (χ3n) is 3.98. The first-order chi connectivity index (χ1) is 11.1. The number of hydrogen-bond donors (Lipinski definition) is 0. The van der Waals surface area contributed by atoms with Gasteiger partial charge in [0.1, 0.15) is 0 Å². The Morgan fingerprint density at radius 2 is 1.52 bits per heavy atom. The third kappa shape index (κ3) is 11.6. The van der Waals surface area contributed by atoms with E-state index in [1.165, 1.54) is 29.0 Å². The molecule has 1 saturated heterocycles. The zero-order chi connectivity index (χ0) is 16.9. The topological polar surface area (TPSA) is 9.23 Å². The van der Waals surface area contributed by atoms with Crippen LogP contribution in [0.25, 0.3) is 0 Å². The molecular formula is C21H35AlO. The van der Waals surface area contributed by atoms with E-state index < -0.39 is 14.1 Å². The molecule has 0 aliphatic carbocycles. The molecule has 1 heterocycles. The molecule has 0 saturated carbocycles. The van der Waals surface area contributed by atoms with Crippen molar-refractivity contribution < 1.29 is 4.74 Å². The summed E-state index contributed by atoms with van der Waals surface area (Å²) in [7, 11) is 0. The highest BCUT2D eigenvalue weighted by Gasteiger charge is 2.16. The van der Waals surface area contributed by atoms with Crippen LogP contribution in [0.2, 0.25) is 10.6 Å². The summed E-state index contributed by atoms with van der Waals surface area (Å²) in [6.45, 7) is 11.4. The maximum Gasteiger partial charge on any atom is 0.294 e. The lowest BCUT2D eigenvalue weighted by atomic mass is 10.2. The minimum atomic E-state index is -0.671. The molecule has 1 fully saturated rings. The average molecular weight is 330 g/mol. The van der Waals surface area contributed by atoms with Gasteiger partial charge in [0.05, 0.1) is 0 Å². The molecule has 0 N–H and O–H groups in total. The van der Waals surface area contributed by atoms with Crippen LogP contribution in [-0.4, -0.2) is 27.4 Å². The van der Waals surface area contributed by atoms with E-state index in [2.05, 4.69) is 69.0 Å². The van der Waals surface area contributed by atoms with E-state index in [0.717, 1.165) is 31.5 Å². The Morgan fingerprint density at radius 1 is 0.957 bits per heavy atom. The lowest BCUT2D eigenvalue weighted by Crippen LogP contribution is -2.15. The van der Waals surface area contributed by atoms with E-state index >= 15 is 0 Å². The van der Waals surface area contributed by atoms with Crippen LogP contribution in [0, 0.1) is 11.8 Å². The Kier molecular flexibility index (Phi) is 11.4.